The minimum absolute atomic E-state index is 0.130. The molecule has 1 amide bonds. The highest BCUT2D eigenvalue weighted by Crippen LogP contribution is 2.31. The van der Waals surface area contributed by atoms with Crippen molar-refractivity contribution in [2.45, 2.75) is 12.2 Å². The van der Waals surface area contributed by atoms with E-state index in [9.17, 15) is 18.0 Å². The average molecular weight is 326 g/mol. The van der Waals surface area contributed by atoms with Crippen LogP contribution >= 0.6 is 0 Å². The molecule has 1 aromatic heterocycles. The Morgan fingerprint density at radius 3 is 2.48 bits per heavy atom. The molecule has 0 saturated heterocycles. The van der Waals surface area contributed by atoms with E-state index in [4.69, 9.17) is 4.42 Å². The van der Waals surface area contributed by atoms with Crippen molar-refractivity contribution in [2.24, 2.45) is 0 Å². The second-order valence-electron chi connectivity index (χ2n) is 5.25. The van der Waals surface area contributed by atoms with Gasteiger partial charge in [-0.05, 0) is 38.4 Å². The van der Waals surface area contributed by atoms with Crippen LogP contribution in [0.25, 0.3) is 0 Å². The Kier molecular flexibility index (Phi) is 5.10. The summed E-state index contributed by atoms with van der Waals surface area (Å²) in [6.45, 7) is 0.130. The van der Waals surface area contributed by atoms with Crippen LogP contribution in [0.5, 0.6) is 0 Å². The number of furan rings is 1. The molecule has 1 N–H and O–H groups in total. The number of hydrogen-bond donors (Lipinski definition) is 1. The van der Waals surface area contributed by atoms with Gasteiger partial charge in [-0.25, -0.2) is 0 Å². The van der Waals surface area contributed by atoms with Gasteiger partial charge in [0.15, 0.2) is 0 Å². The fourth-order valence-corrected chi connectivity index (χ4v) is 2.23. The number of nitrogens with one attached hydrogen (secondary N) is 1. The first-order valence-corrected chi connectivity index (χ1v) is 6.95. The predicted octanol–water partition coefficient (Wildman–Crippen LogP) is 3.33. The van der Waals surface area contributed by atoms with E-state index in [1.807, 2.05) is 4.90 Å². The van der Waals surface area contributed by atoms with Crippen LogP contribution in [0.2, 0.25) is 0 Å². The predicted molar refractivity (Wildman–Crippen MR) is 78.9 cm³/mol. The lowest BCUT2D eigenvalue weighted by atomic mass is 10.1. The number of hydrogen-bond acceptors (Lipinski definition) is 3. The second-order valence-corrected chi connectivity index (χ2v) is 5.25. The molecule has 0 aliphatic carbocycles. The van der Waals surface area contributed by atoms with Gasteiger partial charge < -0.3 is 9.73 Å². The molecule has 1 aromatic carbocycles. The number of benzene rings is 1. The highest BCUT2D eigenvalue weighted by atomic mass is 19.4. The quantitative estimate of drug-likeness (QED) is 0.917. The lowest BCUT2D eigenvalue weighted by Gasteiger charge is -2.23. The van der Waals surface area contributed by atoms with Crippen molar-refractivity contribution in [3.63, 3.8) is 0 Å². The molecule has 0 bridgehead atoms. The van der Waals surface area contributed by atoms with Crippen LogP contribution in [0.15, 0.2) is 47.1 Å². The SMILES string of the molecule is CN(C)[C@@H](CNC(=O)c1ccccc1C(F)(F)F)c1ccco1. The molecule has 0 unspecified atom stereocenters. The smallest absolute Gasteiger partial charge is 0.417 e. The summed E-state index contributed by atoms with van der Waals surface area (Å²) in [4.78, 5) is 14.0. The van der Waals surface area contributed by atoms with E-state index in [1.54, 1.807) is 26.2 Å². The van der Waals surface area contributed by atoms with Crippen LogP contribution in [-0.2, 0) is 6.18 Å². The van der Waals surface area contributed by atoms with Crippen molar-refractivity contribution in [1.82, 2.24) is 10.2 Å². The fraction of sp³-hybridized carbons (Fsp3) is 0.312. The maximum atomic E-state index is 13.0. The number of likely N-dealkylation sites (N-methyl/N-ethyl adjacent to an activating group) is 1. The normalized spacial score (nSPS) is 13.1. The highest BCUT2D eigenvalue weighted by molar-refractivity contribution is 5.95. The van der Waals surface area contributed by atoms with Crippen LogP contribution in [0, 0.1) is 0 Å². The molecule has 4 nitrogen and oxygen atoms in total. The molecular formula is C16H17F3N2O2. The number of amides is 1. The number of carbonyl (C=O) groups excluding carboxylic acids is 1. The summed E-state index contributed by atoms with van der Waals surface area (Å²) in [5, 5.41) is 2.54. The maximum absolute atomic E-state index is 13.0. The summed E-state index contributed by atoms with van der Waals surface area (Å²) in [6, 6.07) is 7.91. The van der Waals surface area contributed by atoms with Gasteiger partial charge in [0.25, 0.3) is 5.91 Å². The number of halogens is 3. The van der Waals surface area contributed by atoms with Gasteiger partial charge in [0, 0.05) is 6.54 Å². The number of alkyl halides is 3. The first kappa shape index (κ1) is 17.1. The van der Waals surface area contributed by atoms with E-state index in [2.05, 4.69) is 5.32 Å². The van der Waals surface area contributed by atoms with Gasteiger partial charge in [0.2, 0.25) is 0 Å². The van der Waals surface area contributed by atoms with E-state index < -0.39 is 23.2 Å². The first-order valence-electron chi connectivity index (χ1n) is 6.95. The number of rotatable bonds is 5. The zero-order chi connectivity index (χ0) is 17.0. The fourth-order valence-electron chi connectivity index (χ4n) is 2.23. The van der Waals surface area contributed by atoms with E-state index in [-0.39, 0.29) is 12.6 Å². The summed E-state index contributed by atoms with van der Waals surface area (Å²) in [6.07, 6.45) is -3.07. The molecule has 23 heavy (non-hydrogen) atoms. The van der Waals surface area contributed by atoms with Gasteiger partial charge in [-0.2, -0.15) is 13.2 Å². The van der Waals surface area contributed by atoms with E-state index in [1.165, 1.54) is 18.4 Å². The maximum Gasteiger partial charge on any atom is 0.417 e. The third-order valence-corrected chi connectivity index (χ3v) is 3.43. The Labute approximate surface area is 131 Å². The van der Waals surface area contributed by atoms with Crippen LogP contribution in [0.1, 0.15) is 27.7 Å². The van der Waals surface area contributed by atoms with E-state index >= 15 is 0 Å². The van der Waals surface area contributed by atoms with Crippen molar-refractivity contribution in [2.75, 3.05) is 20.6 Å². The minimum Gasteiger partial charge on any atom is -0.468 e. The van der Waals surface area contributed by atoms with Crippen molar-refractivity contribution < 1.29 is 22.4 Å². The molecule has 7 heteroatoms. The second kappa shape index (κ2) is 6.87. The van der Waals surface area contributed by atoms with Crippen molar-refractivity contribution in [1.29, 1.82) is 0 Å². The summed E-state index contributed by atoms with van der Waals surface area (Å²) in [7, 11) is 3.59. The molecule has 1 heterocycles. The molecule has 1 atom stereocenters. The standard InChI is InChI=1S/C16H17F3N2O2/c1-21(2)13(14-8-5-9-23-14)10-20-15(22)11-6-3-4-7-12(11)16(17,18)19/h3-9,13H,10H2,1-2H3,(H,20,22)/t13-/m0/s1. The van der Waals surface area contributed by atoms with E-state index in [0.29, 0.717) is 5.76 Å². The summed E-state index contributed by atoms with van der Waals surface area (Å²) >= 11 is 0. The third-order valence-electron chi connectivity index (χ3n) is 3.43. The third kappa shape index (κ3) is 4.13. The molecule has 0 aliphatic heterocycles. The van der Waals surface area contributed by atoms with Crippen LogP contribution in [-0.4, -0.2) is 31.4 Å². The topological polar surface area (TPSA) is 45.5 Å². The lowest BCUT2D eigenvalue weighted by Crippen LogP contribution is -2.35. The van der Waals surface area contributed by atoms with E-state index in [0.717, 1.165) is 12.1 Å². The molecule has 124 valence electrons. The van der Waals surface area contributed by atoms with Gasteiger partial charge in [-0.15, -0.1) is 0 Å². The van der Waals surface area contributed by atoms with Crippen LogP contribution in [0.4, 0.5) is 13.2 Å². The summed E-state index contributed by atoms with van der Waals surface area (Å²) in [5.74, 6) is -0.143. The first-order chi connectivity index (χ1) is 10.8. The number of carbonyl (C=O) groups is 1. The molecule has 0 radical (unpaired) electrons. The summed E-state index contributed by atoms with van der Waals surface area (Å²) < 4.78 is 44.2. The van der Waals surface area contributed by atoms with Crippen LogP contribution < -0.4 is 5.32 Å². The Morgan fingerprint density at radius 1 is 1.22 bits per heavy atom. The van der Waals surface area contributed by atoms with Gasteiger partial charge in [0.1, 0.15) is 5.76 Å². The monoisotopic (exact) mass is 326 g/mol. The molecule has 0 spiro atoms. The molecular weight excluding hydrogens is 309 g/mol. The molecule has 0 aliphatic rings. The van der Waals surface area contributed by atoms with Crippen molar-refractivity contribution in [3.8, 4) is 0 Å². The largest absolute Gasteiger partial charge is 0.468 e. The Balaban J connectivity index is 2.14. The zero-order valence-electron chi connectivity index (χ0n) is 12.7. The Morgan fingerprint density at radius 2 is 1.91 bits per heavy atom. The molecule has 0 saturated carbocycles. The van der Waals surface area contributed by atoms with Gasteiger partial charge >= 0.3 is 6.18 Å². The van der Waals surface area contributed by atoms with Gasteiger partial charge in [-0.1, -0.05) is 12.1 Å². The zero-order valence-corrected chi connectivity index (χ0v) is 12.7. The number of nitrogens with zero attached hydrogens (tertiary/aromatic N) is 1. The highest BCUT2D eigenvalue weighted by Gasteiger charge is 2.35. The molecule has 2 aromatic rings. The Hall–Kier alpha value is -2.28. The molecule has 2 rings (SSSR count). The lowest BCUT2D eigenvalue weighted by molar-refractivity contribution is -0.137. The summed E-state index contributed by atoms with van der Waals surface area (Å²) in [5.41, 5.74) is -1.34. The van der Waals surface area contributed by atoms with Crippen LogP contribution in [0.3, 0.4) is 0 Å². The van der Waals surface area contributed by atoms with Gasteiger partial charge in [0.05, 0.1) is 23.4 Å². The van der Waals surface area contributed by atoms with Gasteiger partial charge in [-0.3, -0.25) is 9.69 Å². The van der Waals surface area contributed by atoms with Crippen molar-refractivity contribution >= 4 is 5.91 Å². The van der Waals surface area contributed by atoms with Crippen molar-refractivity contribution in [3.05, 3.63) is 59.5 Å². The molecule has 0 fully saturated rings. The Bertz CT molecular complexity index is 652. The average Bonchev–Trinajstić information content (AvgIpc) is 3.00. The minimum atomic E-state index is -4.57.